The zero-order chi connectivity index (χ0) is 22.9. The second kappa shape index (κ2) is 11.2. The summed E-state index contributed by atoms with van der Waals surface area (Å²) in [6.45, 7) is 7.25. The molecule has 8 nitrogen and oxygen atoms in total. The number of amides is 1. The van der Waals surface area contributed by atoms with Gasteiger partial charge in [0.25, 0.3) is 0 Å². The van der Waals surface area contributed by atoms with E-state index in [-0.39, 0.29) is 12.3 Å². The van der Waals surface area contributed by atoms with Gasteiger partial charge < -0.3 is 15.2 Å². The molecule has 0 bridgehead atoms. The van der Waals surface area contributed by atoms with E-state index in [2.05, 4.69) is 59.7 Å². The van der Waals surface area contributed by atoms with E-state index in [1.807, 2.05) is 24.3 Å². The largest absolute Gasteiger partial charge is 0.490 e. The standard InChI is InChI=1S/C23H27N5O3S/c1-15(2)19-9-4-16(3)12-20(19)31-11-10-30-18-7-5-17(6-8-18)14-25-26-21(29)13-22-27-28-23(24)32-22/h4-9,12,14-15H,10-11,13H2,1-3H3,(H2,24,28)(H,26,29). The first-order valence-corrected chi connectivity index (χ1v) is 11.1. The summed E-state index contributed by atoms with van der Waals surface area (Å²) in [5, 5.41) is 12.3. The number of nitrogen functional groups attached to an aromatic ring is 1. The molecular formula is C23H27N5O3S. The van der Waals surface area contributed by atoms with Crippen LogP contribution >= 0.6 is 11.3 Å². The van der Waals surface area contributed by atoms with Crippen molar-refractivity contribution in [3.05, 3.63) is 64.2 Å². The number of carbonyl (C=O) groups is 1. The van der Waals surface area contributed by atoms with Crippen LogP contribution in [-0.2, 0) is 11.2 Å². The van der Waals surface area contributed by atoms with Crippen LogP contribution in [0.4, 0.5) is 5.13 Å². The first-order chi connectivity index (χ1) is 15.4. The molecule has 0 aliphatic carbocycles. The van der Waals surface area contributed by atoms with Crippen molar-refractivity contribution < 1.29 is 14.3 Å². The van der Waals surface area contributed by atoms with E-state index in [0.717, 1.165) is 17.1 Å². The highest BCUT2D eigenvalue weighted by Crippen LogP contribution is 2.27. The van der Waals surface area contributed by atoms with Gasteiger partial charge in [-0.15, -0.1) is 10.2 Å². The van der Waals surface area contributed by atoms with Crippen molar-refractivity contribution in [1.29, 1.82) is 0 Å². The third-order valence-electron chi connectivity index (χ3n) is 4.48. The maximum absolute atomic E-state index is 11.8. The maximum atomic E-state index is 11.8. The summed E-state index contributed by atoms with van der Waals surface area (Å²) in [4.78, 5) is 11.8. The van der Waals surface area contributed by atoms with Gasteiger partial charge in [-0.05, 0) is 59.9 Å². The number of nitrogens with two attached hydrogens (primary N) is 1. The Morgan fingerprint density at radius 3 is 2.59 bits per heavy atom. The summed E-state index contributed by atoms with van der Waals surface area (Å²) in [7, 11) is 0. The summed E-state index contributed by atoms with van der Waals surface area (Å²) < 4.78 is 11.7. The average Bonchev–Trinajstić information content (AvgIpc) is 3.16. The molecule has 0 saturated heterocycles. The predicted octanol–water partition coefficient (Wildman–Crippen LogP) is 3.70. The SMILES string of the molecule is Cc1ccc(C(C)C)c(OCCOc2ccc(C=NNC(=O)Cc3nnc(N)s3)cc2)c1. The third-order valence-corrected chi connectivity index (χ3v) is 5.23. The zero-order valence-electron chi connectivity index (χ0n) is 18.4. The Hall–Kier alpha value is -3.46. The molecule has 0 unspecified atom stereocenters. The first-order valence-electron chi connectivity index (χ1n) is 10.3. The number of anilines is 1. The number of ether oxygens (including phenoxy) is 2. The lowest BCUT2D eigenvalue weighted by molar-refractivity contribution is -0.120. The highest BCUT2D eigenvalue weighted by atomic mass is 32.1. The van der Waals surface area contributed by atoms with E-state index in [0.29, 0.717) is 29.3 Å². The summed E-state index contributed by atoms with van der Waals surface area (Å²) >= 11 is 1.18. The van der Waals surface area contributed by atoms with Crippen LogP contribution in [-0.4, -0.2) is 35.5 Å². The van der Waals surface area contributed by atoms with Gasteiger partial charge in [0.15, 0.2) is 0 Å². The molecule has 32 heavy (non-hydrogen) atoms. The highest BCUT2D eigenvalue weighted by molar-refractivity contribution is 7.15. The molecule has 0 spiro atoms. The van der Waals surface area contributed by atoms with E-state index < -0.39 is 0 Å². The monoisotopic (exact) mass is 453 g/mol. The van der Waals surface area contributed by atoms with E-state index in [1.54, 1.807) is 6.21 Å². The van der Waals surface area contributed by atoms with Crippen LogP contribution in [0.15, 0.2) is 47.6 Å². The highest BCUT2D eigenvalue weighted by Gasteiger charge is 2.08. The van der Waals surface area contributed by atoms with Crippen LogP contribution in [0, 0.1) is 6.92 Å². The fraction of sp³-hybridized carbons (Fsp3) is 0.304. The molecule has 0 aliphatic rings. The molecule has 1 heterocycles. The van der Waals surface area contributed by atoms with Crippen molar-refractivity contribution >= 4 is 28.6 Å². The van der Waals surface area contributed by atoms with Crippen molar-refractivity contribution in [1.82, 2.24) is 15.6 Å². The average molecular weight is 454 g/mol. The Bertz CT molecular complexity index is 1060. The lowest BCUT2D eigenvalue weighted by Gasteiger charge is -2.15. The topological polar surface area (TPSA) is 112 Å². The lowest BCUT2D eigenvalue weighted by Crippen LogP contribution is -2.19. The van der Waals surface area contributed by atoms with Crippen LogP contribution in [0.5, 0.6) is 11.5 Å². The van der Waals surface area contributed by atoms with Gasteiger partial charge in [0, 0.05) is 0 Å². The Morgan fingerprint density at radius 2 is 1.91 bits per heavy atom. The van der Waals surface area contributed by atoms with Gasteiger partial charge in [-0.1, -0.05) is 37.3 Å². The smallest absolute Gasteiger partial charge is 0.247 e. The fourth-order valence-electron chi connectivity index (χ4n) is 2.90. The molecule has 3 rings (SSSR count). The molecular weight excluding hydrogens is 426 g/mol. The number of hydrogen-bond acceptors (Lipinski definition) is 8. The number of nitrogens with one attached hydrogen (secondary N) is 1. The minimum atomic E-state index is -0.286. The molecule has 1 amide bonds. The third kappa shape index (κ3) is 7.05. The molecule has 3 aromatic rings. The molecule has 2 aromatic carbocycles. The second-order valence-electron chi connectivity index (χ2n) is 7.47. The van der Waals surface area contributed by atoms with Crippen LogP contribution in [0.2, 0.25) is 0 Å². The number of aryl methyl sites for hydroxylation is 1. The first kappa shape index (κ1) is 23.2. The van der Waals surface area contributed by atoms with E-state index >= 15 is 0 Å². The van der Waals surface area contributed by atoms with Crippen molar-refractivity contribution in [2.75, 3.05) is 18.9 Å². The van der Waals surface area contributed by atoms with Gasteiger partial charge >= 0.3 is 0 Å². The van der Waals surface area contributed by atoms with Gasteiger partial charge in [0.2, 0.25) is 11.0 Å². The Labute approximate surface area is 191 Å². The molecule has 0 radical (unpaired) electrons. The molecule has 9 heteroatoms. The van der Waals surface area contributed by atoms with Crippen molar-refractivity contribution in [3.63, 3.8) is 0 Å². The predicted molar refractivity (Wildman–Crippen MR) is 126 cm³/mol. The van der Waals surface area contributed by atoms with Crippen LogP contribution < -0.4 is 20.6 Å². The fourth-order valence-corrected chi connectivity index (χ4v) is 3.51. The summed E-state index contributed by atoms with van der Waals surface area (Å²) in [5.74, 6) is 1.75. The van der Waals surface area contributed by atoms with Crippen molar-refractivity contribution in [2.45, 2.75) is 33.1 Å². The summed E-state index contributed by atoms with van der Waals surface area (Å²) in [6, 6.07) is 13.7. The van der Waals surface area contributed by atoms with Crippen LogP contribution in [0.3, 0.4) is 0 Å². The number of hydrazone groups is 1. The van der Waals surface area contributed by atoms with E-state index in [9.17, 15) is 4.79 Å². The minimum Gasteiger partial charge on any atom is -0.490 e. The molecule has 0 fully saturated rings. The molecule has 1 aromatic heterocycles. The van der Waals surface area contributed by atoms with Crippen LogP contribution in [0.1, 0.15) is 41.5 Å². The van der Waals surface area contributed by atoms with Crippen molar-refractivity contribution in [3.8, 4) is 11.5 Å². The Balaban J connectivity index is 1.41. The van der Waals surface area contributed by atoms with E-state index in [4.69, 9.17) is 15.2 Å². The maximum Gasteiger partial charge on any atom is 0.247 e. The number of rotatable bonds is 10. The zero-order valence-corrected chi connectivity index (χ0v) is 19.2. The molecule has 0 aliphatic heterocycles. The number of aromatic nitrogens is 2. The lowest BCUT2D eigenvalue weighted by atomic mass is 10.0. The van der Waals surface area contributed by atoms with Crippen molar-refractivity contribution in [2.24, 2.45) is 5.10 Å². The Morgan fingerprint density at radius 1 is 1.16 bits per heavy atom. The second-order valence-corrected chi connectivity index (χ2v) is 8.56. The molecule has 0 atom stereocenters. The molecule has 168 valence electrons. The quantitative estimate of drug-likeness (QED) is 0.275. The summed E-state index contributed by atoms with van der Waals surface area (Å²) in [6.07, 6.45) is 1.65. The number of nitrogens with zero attached hydrogens (tertiary/aromatic N) is 3. The number of benzene rings is 2. The molecule has 0 saturated carbocycles. The number of hydrogen-bond donors (Lipinski definition) is 2. The van der Waals surface area contributed by atoms with Gasteiger partial charge in [0.1, 0.15) is 29.7 Å². The van der Waals surface area contributed by atoms with E-state index in [1.165, 1.54) is 22.5 Å². The minimum absolute atomic E-state index is 0.0856. The van der Waals surface area contributed by atoms with Gasteiger partial charge in [-0.3, -0.25) is 4.79 Å². The normalized spacial score (nSPS) is 11.1. The number of carbonyl (C=O) groups excluding carboxylic acids is 1. The summed E-state index contributed by atoms with van der Waals surface area (Å²) in [5.41, 5.74) is 11.1. The Kier molecular flexibility index (Phi) is 8.15. The molecule has 3 N–H and O–H groups in total. The van der Waals surface area contributed by atoms with Gasteiger partial charge in [-0.25, -0.2) is 5.43 Å². The van der Waals surface area contributed by atoms with Crippen LogP contribution in [0.25, 0.3) is 0 Å². The van der Waals surface area contributed by atoms with Gasteiger partial charge in [-0.2, -0.15) is 5.10 Å². The van der Waals surface area contributed by atoms with Gasteiger partial charge in [0.05, 0.1) is 12.6 Å².